The summed E-state index contributed by atoms with van der Waals surface area (Å²) in [5, 5.41) is 0. The molecule has 0 aliphatic carbocycles. The Labute approximate surface area is 105 Å². The molecule has 2 nitrogen and oxygen atoms in total. The van der Waals surface area contributed by atoms with Crippen molar-refractivity contribution < 1.29 is 0 Å². The molecule has 0 amide bonds. The molecule has 2 atom stereocenters. The number of nitrogens with two attached hydrogens (primary N) is 1. The fourth-order valence-corrected chi connectivity index (χ4v) is 2.73. The quantitative estimate of drug-likeness (QED) is 0.868. The molecule has 0 saturated carbocycles. The van der Waals surface area contributed by atoms with Gasteiger partial charge in [0.05, 0.1) is 0 Å². The summed E-state index contributed by atoms with van der Waals surface area (Å²) in [6.45, 7) is 10.0. The molecule has 2 unspecified atom stereocenters. The molecule has 1 aliphatic heterocycles. The number of aryl methyl sites for hydroxylation is 2. The van der Waals surface area contributed by atoms with Gasteiger partial charge in [-0.05, 0) is 43.9 Å². The number of nitrogens with zero attached hydrogens (tertiary/aromatic N) is 1. The van der Waals surface area contributed by atoms with E-state index in [-0.39, 0.29) is 6.04 Å². The predicted molar refractivity (Wildman–Crippen MR) is 73.1 cm³/mol. The Hall–Kier alpha value is -0.860. The van der Waals surface area contributed by atoms with Crippen LogP contribution < -0.4 is 5.73 Å². The molecule has 2 rings (SSSR count). The van der Waals surface area contributed by atoms with Gasteiger partial charge in [-0.2, -0.15) is 0 Å². The Bertz CT molecular complexity index is 387. The van der Waals surface area contributed by atoms with Crippen molar-refractivity contribution in [2.24, 2.45) is 11.7 Å². The van der Waals surface area contributed by atoms with Gasteiger partial charge in [0.25, 0.3) is 0 Å². The van der Waals surface area contributed by atoms with Gasteiger partial charge in [-0.15, -0.1) is 0 Å². The van der Waals surface area contributed by atoms with Crippen molar-refractivity contribution in [3.8, 4) is 0 Å². The van der Waals surface area contributed by atoms with Gasteiger partial charge >= 0.3 is 0 Å². The summed E-state index contributed by atoms with van der Waals surface area (Å²) in [6, 6.07) is 6.72. The van der Waals surface area contributed by atoms with E-state index in [1.54, 1.807) is 0 Å². The first-order valence-electron chi connectivity index (χ1n) is 6.61. The van der Waals surface area contributed by atoms with Crippen molar-refractivity contribution in [1.82, 2.24) is 4.90 Å². The maximum Gasteiger partial charge on any atom is 0.0427 e. The maximum absolute atomic E-state index is 6.35. The molecule has 1 aliphatic rings. The van der Waals surface area contributed by atoms with Gasteiger partial charge in [-0.3, -0.25) is 0 Å². The van der Waals surface area contributed by atoms with Crippen LogP contribution in [0.1, 0.15) is 36.1 Å². The van der Waals surface area contributed by atoms with Gasteiger partial charge in [0, 0.05) is 19.1 Å². The number of hydrogen-bond acceptors (Lipinski definition) is 2. The minimum atomic E-state index is 0.153. The standard InChI is InChI=1S/C15H24N2/c1-11-4-5-13(3)14(8-11)15(16)10-17-7-6-12(2)9-17/h4-5,8,12,15H,6-7,9-10,16H2,1-3H3. The van der Waals surface area contributed by atoms with Crippen molar-refractivity contribution >= 4 is 0 Å². The molecular weight excluding hydrogens is 208 g/mol. The van der Waals surface area contributed by atoms with Crippen LogP contribution in [0.5, 0.6) is 0 Å². The average molecular weight is 232 g/mol. The summed E-state index contributed by atoms with van der Waals surface area (Å²) in [6.07, 6.45) is 1.32. The van der Waals surface area contributed by atoms with E-state index in [2.05, 4.69) is 43.9 Å². The van der Waals surface area contributed by atoms with E-state index in [9.17, 15) is 0 Å². The van der Waals surface area contributed by atoms with Crippen molar-refractivity contribution in [1.29, 1.82) is 0 Å². The molecular formula is C15H24N2. The van der Waals surface area contributed by atoms with Crippen molar-refractivity contribution in [2.45, 2.75) is 33.2 Å². The van der Waals surface area contributed by atoms with Crippen molar-refractivity contribution in [3.05, 3.63) is 34.9 Å². The van der Waals surface area contributed by atoms with Crippen LogP contribution in [-0.4, -0.2) is 24.5 Å². The molecule has 1 aromatic rings. The van der Waals surface area contributed by atoms with Crippen LogP contribution in [0.2, 0.25) is 0 Å². The molecule has 1 saturated heterocycles. The Morgan fingerprint density at radius 1 is 1.41 bits per heavy atom. The minimum absolute atomic E-state index is 0.153. The van der Waals surface area contributed by atoms with Crippen molar-refractivity contribution in [2.75, 3.05) is 19.6 Å². The normalized spacial score (nSPS) is 22.9. The summed E-state index contributed by atoms with van der Waals surface area (Å²) in [7, 11) is 0. The maximum atomic E-state index is 6.35. The third-order valence-corrected chi connectivity index (χ3v) is 3.80. The first kappa shape index (κ1) is 12.6. The Morgan fingerprint density at radius 3 is 2.82 bits per heavy atom. The highest BCUT2D eigenvalue weighted by Crippen LogP contribution is 2.21. The van der Waals surface area contributed by atoms with E-state index in [1.165, 1.54) is 36.2 Å². The molecule has 1 heterocycles. The fourth-order valence-electron chi connectivity index (χ4n) is 2.73. The minimum Gasteiger partial charge on any atom is -0.323 e. The van der Waals surface area contributed by atoms with Gasteiger partial charge in [0.2, 0.25) is 0 Å². The van der Waals surface area contributed by atoms with Gasteiger partial charge in [0.15, 0.2) is 0 Å². The highest BCUT2D eigenvalue weighted by Gasteiger charge is 2.21. The van der Waals surface area contributed by atoms with Gasteiger partial charge < -0.3 is 10.6 Å². The second-order valence-corrected chi connectivity index (χ2v) is 5.62. The topological polar surface area (TPSA) is 29.3 Å². The highest BCUT2D eigenvalue weighted by molar-refractivity contribution is 5.33. The second-order valence-electron chi connectivity index (χ2n) is 5.62. The van der Waals surface area contributed by atoms with Crippen LogP contribution in [-0.2, 0) is 0 Å². The number of likely N-dealkylation sites (tertiary alicyclic amines) is 1. The van der Waals surface area contributed by atoms with E-state index in [4.69, 9.17) is 5.73 Å². The van der Waals surface area contributed by atoms with Crippen LogP contribution in [0.15, 0.2) is 18.2 Å². The molecule has 1 aromatic carbocycles. The SMILES string of the molecule is Cc1ccc(C)c(C(N)CN2CCC(C)C2)c1. The van der Waals surface area contributed by atoms with Crippen LogP contribution in [0, 0.1) is 19.8 Å². The van der Waals surface area contributed by atoms with E-state index in [0.29, 0.717) is 0 Å². The molecule has 2 heteroatoms. The zero-order chi connectivity index (χ0) is 12.4. The zero-order valence-corrected chi connectivity index (χ0v) is 11.2. The third kappa shape index (κ3) is 3.08. The largest absolute Gasteiger partial charge is 0.323 e. The van der Waals surface area contributed by atoms with Gasteiger partial charge in [-0.25, -0.2) is 0 Å². The van der Waals surface area contributed by atoms with Crippen LogP contribution in [0.3, 0.4) is 0 Å². The van der Waals surface area contributed by atoms with Gasteiger partial charge in [0.1, 0.15) is 0 Å². The smallest absolute Gasteiger partial charge is 0.0427 e. The molecule has 1 fully saturated rings. The Morgan fingerprint density at radius 2 is 2.18 bits per heavy atom. The lowest BCUT2D eigenvalue weighted by Gasteiger charge is -2.22. The molecule has 0 spiro atoms. The average Bonchev–Trinajstić information content (AvgIpc) is 2.67. The lowest BCUT2D eigenvalue weighted by Crippen LogP contribution is -2.30. The summed E-state index contributed by atoms with van der Waals surface area (Å²) in [4.78, 5) is 2.50. The second kappa shape index (κ2) is 5.19. The Kier molecular flexibility index (Phi) is 3.85. The monoisotopic (exact) mass is 232 g/mol. The van der Waals surface area contributed by atoms with Crippen LogP contribution >= 0.6 is 0 Å². The number of rotatable bonds is 3. The van der Waals surface area contributed by atoms with Crippen molar-refractivity contribution in [3.63, 3.8) is 0 Å². The van der Waals surface area contributed by atoms with Crippen LogP contribution in [0.25, 0.3) is 0 Å². The Balaban J connectivity index is 2.04. The lowest BCUT2D eigenvalue weighted by atomic mass is 9.99. The summed E-state index contributed by atoms with van der Waals surface area (Å²) >= 11 is 0. The van der Waals surface area contributed by atoms with E-state index < -0.39 is 0 Å². The van der Waals surface area contributed by atoms with E-state index in [0.717, 1.165) is 12.5 Å². The summed E-state index contributed by atoms with van der Waals surface area (Å²) in [5.74, 6) is 0.834. The molecule has 0 aromatic heterocycles. The van der Waals surface area contributed by atoms with E-state index >= 15 is 0 Å². The predicted octanol–water partition coefficient (Wildman–Crippen LogP) is 2.65. The van der Waals surface area contributed by atoms with E-state index in [1.807, 2.05) is 0 Å². The van der Waals surface area contributed by atoms with Gasteiger partial charge in [-0.1, -0.05) is 30.7 Å². The number of hydrogen-bond donors (Lipinski definition) is 1. The molecule has 0 bridgehead atoms. The highest BCUT2D eigenvalue weighted by atomic mass is 15.2. The fraction of sp³-hybridized carbons (Fsp3) is 0.600. The third-order valence-electron chi connectivity index (χ3n) is 3.80. The van der Waals surface area contributed by atoms with Crippen LogP contribution in [0.4, 0.5) is 0 Å². The summed E-state index contributed by atoms with van der Waals surface area (Å²) < 4.78 is 0. The molecule has 17 heavy (non-hydrogen) atoms. The first-order chi connectivity index (χ1) is 8.06. The first-order valence-corrected chi connectivity index (χ1v) is 6.61. The molecule has 2 N–H and O–H groups in total. The molecule has 0 radical (unpaired) electrons. The summed E-state index contributed by atoms with van der Waals surface area (Å²) in [5.41, 5.74) is 10.3. The zero-order valence-electron chi connectivity index (χ0n) is 11.2. The molecule has 94 valence electrons. The number of benzene rings is 1. The lowest BCUT2D eigenvalue weighted by molar-refractivity contribution is 0.306.